The largest absolute Gasteiger partial charge is 0.481 e. The van der Waals surface area contributed by atoms with Gasteiger partial charge in [0.25, 0.3) is 0 Å². The van der Waals surface area contributed by atoms with Crippen LogP contribution in [0.5, 0.6) is 0 Å². The van der Waals surface area contributed by atoms with Crippen molar-refractivity contribution >= 4 is 27.6 Å². The van der Waals surface area contributed by atoms with Crippen LogP contribution in [0, 0.1) is 11.7 Å². The van der Waals surface area contributed by atoms with Crippen LogP contribution in [-0.2, 0) is 4.79 Å². The third-order valence-electron chi connectivity index (χ3n) is 1.95. The number of carbonyl (C=O) groups is 1. The van der Waals surface area contributed by atoms with E-state index in [1.165, 1.54) is 6.07 Å². The molecule has 0 aliphatic rings. The normalized spacial score (nSPS) is 12.2. The summed E-state index contributed by atoms with van der Waals surface area (Å²) >= 11 is 3.05. The van der Waals surface area contributed by atoms with E-state index in [2.05, 4.69) is 21.2 Å². The summed E-state index contributed by atoms with van der Waals surface area (Å²) in [7, 11) is 0. The van der Waals surface area contributed by atoms with Crippen LogP contribution in [0.1, 0.15) is 6.92 Å². The number of rotatable bonds is 4. The van der Waals surface area contributed by atoms with Gasteiger partial charge in [0.05, 0.1) is 10.4 Å². The van der Waals surface area contributed by atoms with Crippen molar-refractivity contribution in [2.45, 2.75) is 6.92 Å². The van der Waals surface area contributed by atoms with Crippen molar-refractivity contribution in [3.05, 3.63) is 28.5 Å². The van der Waals surface area contributed by atoms with Gasteiger partial charge in [0.15, 0.2) is 0 Å². The van der Waals surface area contributed by atoms with E-state index in [-0.39, 0.29) is 5.82 Å². The maximum absolute atomic E-state index is 12.9. The van der Waals surface area contributed by atoms with Crippen molar-refractivity contribution in [1.82, 2.24) is 0 Å². The van der Waals surface area contributed by atoms with E-state index in [4.69, 9.17) is 5.11 Å². The quantitative estimate of drug-likeness (QED) is 0.889. The second-order valence-electron chi connectivity index (χ2n) is 3.25. The molecule has 1 aromatic carbocycles. The molecule has 0 bridgehead atoms. The fourth-order valence-corrected chi connectivity index (χ4v) is 1.34. The smallest absolute Gasteiger partial charge is 0.308 e. The van der Waals surface area contributed by atoms with E-state index < -0.39 is 11.9 Å². The zero-order valence-corrected chi connectivity index (χ0v) is 9.71. The lowest BCUT2D eigenvalue weighted by Crippen LogP contribution is -2.19. The molecule has 1 aromatic rings. The van der Waals surface area contributed by atoms with Gasteiger partial charge in [-0.3, -0.25) is 4.79 Å². The summed E-state index contributed by atoms with van der Waals surface area (Å²) in [4.78, 5) is 10.5. The van der Waals surface area contributed by atoms with Gasteiger partial charge in [-0.05, 0) is 34.1 Å². The second-order valence-corrected chi connectivity index (χ2v) is 4.10. The molecule has 0 saturated carbocycles. The van der Waals surface area contributed by atoms with Gasteiger partial charge in [-0.25, -0.2) is 4.39 Å². The third-order valence-corrected chi connectivity index (χ3v) is 2.56. The van der Waals surface area contributed by atoms with Gasteiger partial charge in [0, 0.05) is 12.2 Å². The molecule has 0 radical (unpaired) electrons. The number of carboxylic acids is 1. The summed E-state index contributed by atoms with van der Waals surface area (Å²) in [5.41, 5.74) is 0.691. The van der Waals surface area contributed by atoms with Crippen molar-refractivity contribution in [2.24, 2.45) is 5.92 Å². The Morgan fingerprint density at radius 3 is 2.87 bits per heavy atom. The molecule has 1 unspecified atom stereocenters. The predicted molar refractivity (Wildman–Crippen MR) is 59.4 cm³/mol. The van der Waals surface area contributed by atoms with Crippen molar-refractivity contribution in [3.63, 3.8) is 0 Å². The Labute approximate surface area is 95.4 Å². The summed E-state index contributed by atoms with van der Waals surface area (Å²) in [6.45, 7) is 1.92. The van der Waals surface area contributed by atoms with Crippen LogP contribution in [0.2, 0.25) is 0 Å². The van der Waals surface area contributed by atoms with Gasteiger partial charge in [-0.2, -0.15) is 0 Å². The Kier molecular flexibility index (Phi) is 4.08. The van der Waals surface area contributed by atoms with Gasteiger partial charge in [-0.15, -0.1) is 0 Å². The highest BCUT2D eigenvalue weighted by Crippen LogP contribution is 2.20. The molecule has 2 N–H and O–H groups in total. The third kappa shape index (κ3) is 3.51. The first kappa shape index (κ1) is 12.0. The summed E-state index contributed by atoms with van der Waals surface area (Å²) in [6.07, 6.45) is 0. The molecule has 0 aromatic heterocycles. The van der Waals surface area contributed by atoms with Crippen molar-refractivity contribution < 1.29 is 14.3 Å². The van der Waals surface area contributed by atoms with Gasteiger partial charge >= 0.3 is 5.97 Å². The summed E-state index contributed by atoms with van der Waals surface area (Å²) in [5.74, 6) is -1.68. The van der Waals surface area contributed by atoms with Crippen LogP contribution in [0.3, 0.4) is 0 Å². The fraction of sp³-hybridized carbons (Fsp3) is 0.300. The van der Waals surface area contributed by atoms with Crippen LogP contribution in [-0.4, -0.2) is 17.6 Å². The lowest BCUT2D eigenvalue weighted by atomic mass is 10.2. The minimum absolute atomic E-state index is 0.313. The SMILES string of the molecule is CC(CNc1ccc(F)c(Br)c1)C(=O)O. The van der Waals surface area contributed by atoms with Crippen LogP contribution >= 0.6 is 15.9 Å². The first-order chi connectivity index (χ1) is 7.00. The Morgan fingerprint density at radius 2 is 2.33 bits per heavy atom. The maximum Gasteiger partial charge on any atom is 0.308 e. The molecule has 82 valence electrons. The fourth-order valence-electron chi connectivity index (χ4n) is 0.964. The highest BCUT2D eigenvalue weighted by Gasteiger charge is 2.10. The number of nitrogens with one attached hydrogen (secondary N) is 1. The first-order valence-corrected chi connectivity index (χ1v) is 5.21. The summed E-state index contributed by atoms with van der Waals surface area (Å²) < 4.78 is 13.2. The minimum atomic E-state index is -0.858. The molecule has 0 aliphatic carbocycles. The monoisotopic (exact) mass is 275 g/mol. The van der Waals surface area contributed by atoms with E-state index in [1.807, 2.05) is 0 Å². The first-order valence-electron chi connectivity index (χ1n) is 4.42. The molecule has 3 nitrogen and oxygen atoms in total. The zero-order valence-electron chi connectivity index (χ0n) is 8.13. The molecular weight excluding hydrogens is 265 g/mol. The molecule has 0 aliphatic heterocycles. The molecular formula is C10H11BrFNO2. The standard InChI is InChI=1S/C10H11BrFNO2/c1-6(10(14)15)5-13-7-2-3-9(12)8(11)4-7/h2-4,6,13H,5H2,1H3,(H,14,15). The molecule has 0 fully saturated rings. The number of benzene rings is 1. The predicted octanol–water partition coefficient (Wildman–Crippen LogP) is 2.72. The number of carboxylic acid groups (broad SMARTS) is 1. The zero-order chi connectivity index (χ0) is 11.4. The molecule has 15 heavy (non-hydrogen) atoms. The Morgan fingerprint density at radius 1 is 1.67 bits per heavy atom. The Balaban J connectivity index is 2.58. The van der Waals surface area contributed by atoms with Crippen LogP contribution in [0.25, 0.3) is 0 Å². The highest BCUT2D eigenvalue weighted by atomic mass is 79.9. The van der Waals surface area contributed by atoms with E-state index in [0.29, 0.717) is 16.7 Å². The summed E-state index contributed by atoms with van der Waals surface area (Å²) in [6, 6.07) is 4.45. The molecule has 0 amide bonds. The van der Waals surface area contributed by atoms with Crippen molar-refractivity contribution in [1.29, 1.82) is 0 Å². The van der Waals surface area contributed by atoms with Crippen LogP contribution in [0.15, 0.2) is 22.7 Å². The number of hydrogen-bond donors (Lipinski definition) is 2. The second kappa shape index (κ2) is 5.11. The molecule has 0 saturated heterocycles. The van der Waals surface area contributed by atoms with E-state index in [0.717, 1.165) is 0 Å². The van der Waals surface area contributed by atoms with Crippen molar-refractivity contribution in [2.75, 3.05) is 11.9 Å². The van der Waals surface area contributed by atoms with E-state index in [9.17, 15) is 9.18 Å². The molecule has 5 heteroatoms. The minimum Gasteiger partial charge on any atom is -0.481 e. The molecule has 1 rings (SSSR count). The van der Waals surface area contributed by atoms with Gasteiger partial charge in [-0.1, -0.05) is 6.92 Å². The maximum atomic E-state index is 12.9. The topological polar surface area (TPSA) is 49.3 Å². The van der Waals surface area contributed by atoms with Gasteiger partial charge in [0.1, 0.15) is 5.82 Å². The number of halogens is 2. The number of anilines is 1. The Bertz CT molecular complexity index is 370. The number of aliphatic carboxylic acids is 1. The summed E-state index contributed by atoms with van der Waals surface area (Å²) in [5, 5.41) is 11.6. The molecule has 0 heterocycles. The van der Waals surface area contributed by atoms with Crippen LogP contribution < -0.4 is 5.32 Å². The number of hydrogen-bond acceptors (Lipinski definition) is 2. The molecule has 1 atom stereocenters. The van der Waals surface area contributed by atoms with Crippen LogP contribution in [0.4, 0.5) is 10.1 Å². The highest BCUT2D eigenvalue weighted by molar-refractivity contribution is 9.10. The van der Waals surface area contributed by atoms with E-state index in [1.54, 1.807) is 19.1 Å². The lowest BCUT2D eigenvalue weighted by molar-refractivity contribution is -0.140. The Hall–Kier alpha value is -1.10. The molecule has 0 spiro atoms. The van der Waals surface area contributed by atoms with Gasteiger partial charge in [0.2, 0.25) is 0 Å². The average Bonchev–Trinajstić information content (AvgIpc) is 2.19. The van der Waals surface area contributed by atoms with E-state index >= 15 is 0 Å². The van der Waals surface area contributed by atoms with Gasteiger partial charge < -0.3 is 10.4 Å². The van der Waals surface area contributed by atoms with Crippen molar-refractivity contribution in [3.8, 4) is 0 Å². The lowest BCUT2D eigenvalue weighted by Gasteiger charge is -2.09. The average molecular weight is 276 g/mol.